The summed E-state index contributed by atoms with van der Waals surface area (Å²) in [6.07, 6.45) is -0.690. The number of amides is 1. The van der Waals surface area contributed by atoms with E-state index in [9.17, 15) is 9.59 Å². The van der Waals surface area contributed by atoms with Crippen molar-refractivity contribution < 1.29 is 40.9 Å². The van der Waals surface area contributed by atoms with Gasteiger partial charge >= 0.3 is 61.6 Å². The van der Waals surface area contributed by atoms with Gasteiger partial charge in [-0.15, -0.1) is 0 Å². The number of halogens is 1. The number of ether oxygens (including phenoxy) is 1. The van der Waals surface area contributed by atoms with Crippen molar-refractivity contribution in [1.29, 1.82) is 0 Å². The molecule has 6 heteroatoms. The molecule has 0 saturated carbocycles. The maximum atomic E-state index is 10.1. The predicted molar refractivity (Wildman–Crippen MR) is 23.6 cm³/mol. The van der Waals surface area contributed by atoms with Gasteiger partial charge in [0.2, 0.25) is 0 Å². The van der Waals surface area contributed by atoms with Gasteiger partial charge in [0.25, 0.3) is 0 Å². The van der Waals surface area contributed by atoms with Crippen molar-refractivity contribution in [1.82, 2.24) is 3.53 Å². The van der Waals surface area contributed by atoms with Crippen LogP contribution in [0.4, 0.5) is 9.59 Å². The van der Waals surface area contributed by atoms with E-state index in [4.69, 9.17) is 5.11 Å². The third kappa shape index (κ3) is 5.34. The Kier molecular flexibility index (Phi) is 4.10. The Balaban J connectivity index is 3.28. The molecular formula is C3H5INO4-. The third-order valence-corrected chi connectivity index (χ3v) is 1.56. The molecule has 0 radical (unpaired) electrons. The van der Waals surface area contributed by atoms with Crippen molar-refractivity contribution in [2.24, 2.45) is 0 Å². The quantitative estimate of drug-likeness (QED) is 0.310. The van der Waals surface area contributed by atoms with Crippen LogP contribution in [-0.4, -0.2) is 22.3 Å². The molecule has 5 nitrogen and oxygen atoms in total. The van der Waals surface area contributed by atoms with Crippen molar-refractivity contribution in [3.05, 3.63) is 0 Å². The van der Waals surface area contributed by atoms with Gasteiger partial charge < -0.3 is 0 Å². The van der Waals surface area contributed by atoms with Gasteiger partial charge in [0.15, 0.2) is 0 Å². The number of carbonyl (C=O) groups excluding carboxylic acids is 1. The molecule has 0 saturated heterocycles. The molecule has 54 valence electrons. The van der Waals surface area contributed by atoms with Crippen LogP contribution in [0, 0.1) is 0 Å². The molecule has 9 heavy (non-hydrogen) atoms. The van der Waals surface area contributed by atoms with E-state index < -0.39 is 31.5 Å². The van der Waals surface area contributed by atoms with Crippen molar-refractivity contribution in [2.45, 2.75) is 0 Å². The topological polar surface area (TPSA) is 75.6 Å². The van der Waals surface area contributed by atoms with Gasteiger partial charge in [-0.25, -0.2) is 0 Å². The van der Waals surface area contributed by atoms with E-state index in [1.807, 2.05) is 0 Å². The molecule has 2 N–H and O–H groups in total. The van der Waals surface area contributed by atoms with Crippen LogP contribution in [0.25, 0.3) is 0 Å². The number of hydrogen-bond acceptors (Lipinski definition) is 3. The molecule has 0 aromatic rings. The zero-order valence-electron chi connectivity index (χ0n) is 4.55. The Morgan fingerprint density at radius 1 is 1.67 bits per heavy atom. The first-order chi connectivity index (χ1) is 4.16. The summed E-state index contributed by atoms with van der Waals surface area (Å²) in [4.78, 5) is 19.9. The van der Waals surface area contributed by atoms with E-state index in [0.29, 0.717) is 0 Å². The van der Waals surface area contributed by atoms with Crippen LogP contribution in [0.1, 0.15) is 0 Å². The number of carboxylic acid groups (broad SMARTS) is 1. The van der Waals surface area contributed by atoms with E-state index >= 15 is 0 Å². The van der Waals surface area contributed by atoms with Gasteiger partial charge in [-0.05, 0) is 0 Å². The average molecular weight is 246 g/mol. The second-order valence-corrected chi connectivity index (χ2v) is 2.94. The summed E-state index contributed by atoms with van der Waals surface area (Å²) in [5, 5.41) is 8.04. The van der Waals surface area contributed by atoms with Crippen molar-refractivity contribution >= 4 is 10.1 Å². The first-order valence-electron chi connectivity index (χ1n) is 1.87. The summed E-state index contributed by atoms with van der Waals surface area (Å²) in [5.74, 6) is 0. The van der Waals surface area contributed by atoms with Gasteiger partial charge in [0.05, 0.1) is 0 Å². The van der Waals surface area contributed by atoms with Gasteiger partial charge in [0.1, 0.15) is 0 Å². The molecule has 0 aliphatic carbocycles. The Morgan fingerprint density at radius 3 is 2.56 bits per heavy atom. The summed E-state index contributed by atoms with van der Waals surface area (Å²) in [6, 6.07) is 0. The van der Waals surface area contributed by atoms with E-state index in [0.717, 1.165) is 0 Å². The molecule has 0 aliphatic heterocycles. The number of nitrogens with one attached hydrogen (secondary N) is 1. The Hall–Kier alpha value is -0.530. The molecule has 0 aromatic heterocycles. The molecule has 0 unspecified atom stereocenters. The molecule has 0 spiro atoms. The monoisotopic (exact) mass is 246 g/mol. The van der Waals surface area contributed by atoms with Gasteiger partial charge in [-0.2, -0.15) is 0 Å². The normalized spacial score (nSPS) is 8.56. The summed E-state index contributed by atoms with van der Waals surface area (Å²) < 4.78 is 5.21. The molecule has 0 rings (SSSR count). The maximum absolute atomic E-state index is 10.1. The summed E-state index contributed by atoms with van der Waals surface area (Å²) in [5.41, 5.74) is 0. The molecule has 0 fully saturated rings. The number of methoxy groups -OCH3 is 1. The van der Waals surface area contributed by atoms with Crippen LogP contribution < -0.4 is 25.0 Å². The zero-order valence-corrected chi connectivity index (χ0v) is 6.71. The van der Waals surface area contributed by atoms with Crippen molar-refractivity contribution in [2.75, 3.05) is 7.11 Å². The van der Waals surface area contributed by atoms with Crippen LogP contribution in [0.2, 0.25) is 0 Å². The summed E-state index contributed by atoms with van der Waals surface area (Å²) in [7, 11) is 1.18. The summed E-state index contributed by atoms with van der Waals surface area (Å²) in [6.45, 7) is 0. The average Bonchev–Trinajstić information content (AvgIpc) is 1.83. The van der Waals surface area contributed by atoms with E-state index in [2.05, 4.69) is 8.27 Å². The summed E-state index contributed by atoms with van der Waals surface area (Å²) >= 11 is -1.29. The van der Waals surface area contributed by atoms with E-state index in [1.165, 1.54) is 7.11 Å². The fraction of sp³-hybridized carbons (Fsp3) is 0.333. The number of carbonyl (C=O) groups is 2. The Morgan fingerprint density at radius 2 is 2.22 bits per heavy atom. The fourth-order valence-corrected chi connectivity index (χ4v) is 0.789. The molecule has 0 heterocycles. The van der Waals surface area contributed by atoms with Crippen LogP contribution in [-0.2, 0) is 4.74 Å². The number of rotatable bonds is 2. The van der Waals surface area contributed by atoms with Crippen molar-refractivity contribution in [3.8, 4) is 0 Å². The van der Waals surface area contributed by atoms with Gasteiger partial charge in [-0.1, -0.05) is 0 Å². The second kappa shape index (κ2) is 4.36. The standard InChI is InChI=1S/C3H5INO4/c1-9-3(8)5-4-2(6)7/h1H3,(H,5,8)(H,6,7)/q-1. The first-order valence-corrected chi connectivity index (χ1v) is 4.03. The van der Waals surface area contributed by atoms with Crippen molar-refractivity contribution in [3.63, 3.8) is 0 Å². The Bertz CT molecular complexity index is 125. The fourth-order valence-electron chi connectivity index (χ4n) is 0.118. The van der Waals surface area contributed by atoms with Gasteiger partial charge in [0, 0.05) is 0 Å². The molecule has 0 aliphatic rings. The zero-order chi connectivity index (χ0) is 7.28. The third-order valence-electron chi connectivity index (χ3n) is 0.391. The first kappa shape index (κ1) is 8.47. The van der Waals surface area contributed by atoms with Crippen LogP contribution in [0.15, 0.2) is 0 Å². The van der Waals surface area contributed by atoms with E-state index in [1.54, 1.807) is 0 Å². The molecule has 1 amide bonds. The number of hydrogen-bond donors (Lipinski definition) is 2. The molecule has 0 aromatic carbocycles. The van der Waals surface area contributed by atoms with Gasteiger partial charge in [-0.3, -0.25) is 0 Å². The minimum atomic E-state index is -1.29. The second-order valence-electron chi connectivity index (χ2n) is 0.934. The SMILES string of the molecule is COC(=O)N[I-]C(=O)O. The minimum absolute atomic E-state index is 0.690. The van der Waals surface area contributed by atoms with Crippen LogP contribution in [0.5, 0.6) is 0 Å². The molecule has 0 atom stereocenters. The van der Waals surface area contributed by atoms with Crippen LogP contribution in [0.3, 0.4) is 0 Å². The molecule has 0 bridgehead atoms. The molecular weight excluding hydrogens is 241 g/mol. The van der Waals surface area contributed by atoms with Crippen LogP contribution >= 0.6 is 0 Å². The predicted octanol–water partition coefficient (Wildman–Crippen LogP) is -2.98. The Labute approximate surface area is 62.0 Å². The van der Waals surface area contributed by atoms with E-state index in [-0.39, 0.29) is 0 Å².